The van der Waals surface area contributed by atoms with Crippen molar-refractivity contribution in [3.63, 3.8) is 0 Å². The molecule has 1 fully saturated rings. The lowest BCUT2D eigenvalue weighted by Crippen LogP contribution is -2.41. The Morgan fingerprint density at radius 2 is 1.75 bits per heavy atom. The van der Waals surface area contributed by atoms with Crippen molar-refractivity contribution in [1.82, 2.24) is 0 Å². The van der Waals surface area contributed by atoms with Crippen LogP contribution in [0.15, 0.2) is 52.0 Å². The van der Waals surface area contributed by atoms with Gasteiger partial charge in [0.1, 0.15) is 0 Å². The van der Waals surface area contributed by atoms with Crippen molar-refractivity contribution >= 4 is 17.2 Å². The van der Waals surface area contributed by atoms with Crippen molar-refractivity contribution in [1.29, 1.82) is 0 Å². The second kappa shape index (κ2) is 8.75. The second-order valence-electron chi connectivity index (χ2n) is 10.3. The lowest BCUT2D eigenvalue weighted by atomic mass is 9.63. The fourth-order valence-electron chi connectivity index (χ4n) is 4.85. The molecule has 1 unspecified atom stereocenters. The third-order valence-electron chi connectivity index (χ3n) is 7.40. The molecule has 0 radical (unpaired) electrons. The van der Waals surface area contributed by atoms with Gasteiger partial charge in [-0.05, 0) is 102 Å². The summed E-state index contributed by atoms with van der Waals surface area (Å²) in [7, 11) is -3.94. The first-order chi connectivity index (χ1) is 15.0. The van der Waals surface area contributed by atoms with Gasteiger partial charge >= 0.3 is 7.12 Å². The molecule has 1 aliphatic heterocycles. The maximum Gasteiger partial charge on any atom is 0.458 e. The second-order valence-corrected chi connectivity index (χ2v) is 11.9. The molecule has 5 nitrogen and oxygen atoms in total. The number of benzene rings is 1. The van der Waals surface area contributed by atoms with Crippen molar-refractivity contribution in [3.8, 4) is 0 Å². The summed E-state index contributed by atoms with van der Waals surface area (Å²) in [6.07, 6.45) is 8.17. The fourth-order valence-corrected chi connectivity index (χ4v) is 5.76. The van der Waals surface area contributed by atoms with Crippen molar-refractivity contribution in [2.24, 2.45) is 5.92 Å². The van der Waals surface area contributed by atoms with E-state index in [0.717, 1.165) is 31.1 Å². The molecule has 1 heterocycles. The molecule has 4 rings (SSSR count). The molecule has 1 atom stereocenters. The zero-order valence-electron chi connectivity index (χ0n) is 19.9. The summed E-state index contributed by atoms with van der Waals surface area (Å²) in [4.78, 5) is 0.211. The number of allylic oxidation sites excluding steroid dienone is 3. The average molecular weight is 458 g/mol. The van der Waals surface area contributed by atoms with Crippen LogP contribution in [0.1, 0.15) is 65.4 Å². The van der Waals surface area contributed by atoms with E-state index in [4.69, 9.17) is 13.5 Å². The van der Waals surface area contributed by atoms with Crippen LogP contribution in [0.25, 0.3) is 0 Å². The van der Waals surface area contributed by atoms with Crippen LogP contribution >= 0.6 is 0 Å². The molecule has 32 heavy (non-hydrogen) atoms. The zero-order chi connectivity index (χ0) is 23.1. The van der Waals surface area contributed by atoms with E-state index in [2.05, 4.69) is 33.8 Å². The topological polar surface area (TPSA) is 61.8 Å². The maximum absolute atomic E-state index is 12.5. The molecule has 3 aliphatic rings. The Hall–Kier alpha value is -1.41. The zero-order valence-corrected chi connectivity index (χ0v) is 20.8. The lowest BCUT2D eigenvalue weighted by Gasteiger charge is -2.35. The predicted octanol–water partition coefficient (Wildman–Crippen LogP) is 5.61. The van der Waals surface area contributed by atoms with E-state index in [1.54, 1.807) is 24.3 Å². The smallest absolute Gasteiger partial charge is 0.403 e. The van der Waals surface area contributed by atoms with E-state index in [1.165, 1.54) is 23.1 Å². The molecule has 0 aromatic heterocycles. The summed E-state index contributed by atoms with van der Waals surface area (Å²) in [5.41, 5.74) is 4.52. The Kier molecular flexibility index (Phi) is 6.49. The van der Waals surface area contributed by atoms with Crippen LogP contribution in [0.3, 0.4) is 0 Å². The van der Waals surface area contributed by atoms with Gasteiger partial charge in [-0.3, -0.25) is 4.18 Å². The molecule has 0 N–H and O–H groups in total. The summed E-state index contributed by atoms with van der Waals surface area (Å²) < 4.78 is 42.8. The molecule has 1 saturated heterocycles. The summed E-state index contributed by atoms with van der Waals surface area (Å²) in [6, 6.07) is 6.77. The molecule has 7 heteroatoms. The van der Waals surface area contributed by atoms with Crippen molar-refractivity contribution < 1.29 is 21.9 Å². The Labute approximate surface area is 193 Å². The van der Waals surface area contributed by atoms with E-state index in [-0.39, 0.29) is 29.8 Å². The third-order valence-corrected chi connectivity index (χ3v) is 8.73. The van der Waals surface area contributed by atoms with Crippen molar-refractivity contribution in [2.45, 2.75) is 89.1 Å². The first-order valence-electron chi connectivity index (χ1n) is 11.7. The average Bonchev–Trinajstić information content (AvgIpc) is 3.26. The van der Waals surface area contributed by atoms with Gasteiger partial charge in [0.05, 0.1) is 22.7 Å². The molecule has 2 aliphatic carbocycles. The van der Waals surface area contributed by atoms with E-state index >= 15 is 0 Å². The van der Waals surface area contributed by atoms with Gasteiger partial charge < -0.3 is 9.31 Å². The highest BCUT2D eigenvalue weighted by molar-refractivity contribution is 7.86. The Morgan fingerprint density at radius 1 is 1.09 bits per heavy atom. The highest BCUT2D eigenvalue weighted by Crippen LogP contribution is 2.49. The van der Waals surface area contributed by atoms with Crippen LogP contribution in [0, 0.1) is 12.8 Å². The molecular weight excluding hydrogens is 423 g/mol. The normalized spacial score (nSPS) is 24.6. The Balaban J connectivity index is 1.41. The molecular formula is C25H35BO5S. The van der Waals surface area contributed by atoms with Gasteiger partial charge in [0, 0.05) is 0 Å². The summed E-state index contributed by atoms with van der Waals surface area (Å²) in [6.45, 7) is 10.4. The third kappa shape index (κ3) is 4.77. The predicted molar refractivity (Wildman–Crippen MR) is 127 cm³/mol. The Morgan fingerprint density at radius 3 is 2.34 bits per heavy atom. The quantitative estimate of drug-likeness (QED) is 0.374. The largest absolute Gasteiger partial charge is 0.458 e. The summed E-state index contributed by atoms with van der Waals surface area (Å²) >= 11 is 0. The number of aryl methyl sites for hydroxylation is 1. The van der Waals surface area contributed by atoms with Crippen LogP contribution in [0.2, 0.25) is 6.32 Å². The van der Waals surface area contributed by atoms with E-state index in [1.807, 2.05) is 6.92 Å². The molecule has 0 spiro atoms. The maximum atomic E-state index is 12.5. The minimum Gasteiger partial charge on any atom is -0.403 e. The number of rotatable bonds is 8. The van der Waals surface area contributed by atoms with Crippen LogP contribution in [-0.2, 0) is 23.6 Å². The van der Waals surface area contributed by atoms with E-state index in [0.29, 0.717) is 12.3 Å². The summed E-state index contributed by atoms with van der Waals surface area (Å²) in [5, 5.41) is 0. The van der Waals surface area contributed by atoms with E-state index < -0.39 is 10.1 Å². The minimum atomic E-state index is -3.73. The number of hydrogen-bond acceptors (Lipinski definition) is 5. The van der Waals surface area contributed by atoms with Gasteiger partial charge in [0.15, 0.2) is 0 Å². The monoisotopic (exact) mass is 458 g/mol. The standard InChI is InChI=1S/C25H35BO5S/c1-18-10-12-22(13-11-18)32(27,28)29-15-14-20-16-21(23(20)19-8-6-7-9-19)17-26-30-24(2,3)25(4,5)31-26/h8,10-13,21H,6-7,9,14-17H2,1-5H3. The summed E-state index contributed by atoms with van der Waals surface area (Å²) in [5.74, 6) is 0.401. The molecule has 0 saturated carbocycles. The van der Waals surface area contributed by atoms with Crippen LogP contribution in [0.5, 0.6) is 0 Å². The van der Waals surface area contributed by atoms with Gasteiger partial charge in [-0.15, -0.1) is 0 Å². The highest BCUT2D eigenvalue weighted by atomic mass is 32.2. The van der Waals surface area contributed by atoms with Crippen LogP contribution in [-0.4, -0.2) is 33.3 Å². The molecule has 174 valence electrons. The first kappa shape index (κ1) is 23.7. The van der Waals surface area contributed by atoms with Gasteiger partial charge in [0.2, 0.25) is 0 Å². The fraction of sp³-hybridized carbons (Fsp3) is 0.600. The highest BCUT2D eigenvalue weighted by Gasteiger charge is 2.52. The number of hydrogen-bond donors (Lipinski definition) is 0. The molecule has 1 aromatic carbocycles. The van der Waals surface area contributed by atoms with Gasteiger partial charge in [0.25, 0.3) is 10.1 Å². The minimum absolute atomic E-state index is 0.172. The van der Waals surface area contributed by atoms with Crippen LogP contribution < -0.4 is 0 Å². The molecule has 0 amide bonds. The van der Waals surface area contributed by atoms with Gasteiger partial charge in [-0.25, -0.2) is 0 Å². The van der Waals surface area contributed by atoms with Crippen molar-refractivity contribution in [3.05, 3.63) is 52.6 Å². The lowest BCUT2D eigenvalue weighted by molar-refractivity contribution is 0.00578. The van der Waals surface area contributed by atoms with Gasteiger partial charge in [-0.1, -0.05) is 29.3 Å². The van der Waals surface area contributed by atoms with Crippen molar-refractivity contribution in [2.75, 3.05) is 6.61 Å². The van der Waals surface area contributed by atoms with Gasteiger partial charge in [-0.2, -0.15) is 8.42 Å². The SMILES string of the molecule is Cc1ccc(S(=O)(=O)OCCC2=C(C3=CCCC3)C(CB3OC(C)(C)C(C)(C)O3)C2)cc1. The Bertz CT molecular complexity index is 1000. The van der Waals surface area contributed by atoms with Crippen LogP contribution in [0.4, 0.5) is 0 Å². The first-order valence-corrected chi connectivity index (χ1v) is 13.1. The molecule has 1 aromatic rings. The molecule has 0 bridgehead atoms. The van der Waals surface area contributed by atoms with E-state index in [9.17, 15) is 8.42 Å².